The number of nitrogens with two attached hydrogens (primary N) is 1. The summed E-state index contributed by atoms with van der Waals surface area (Å²) < 4.78 is 4.71. The van der Waals surface area contributed by atoms with Gasteiger partial charge in [-0.3, -0.25) is 0 Å². The van der Waals surface area contributed by atoms with Gasteiger partial charge < -0.3 is 5.73 Å². The first-order valence-corrected chi connectivity index (χ1v) is 5.37. The third-order valence-electron chi connectivity index (χ3n) is 2.11. The molecule has 0 aliphatic rings. The van der Waals surface area contributed by atoms with E-state index in [2.05, 4.69) is 9.93 Å². The van der Waals surface area contributed by atoms with Crippen molar-refractivity contribution in [2.45, 2.75) is 4.90 Å². The molecule has 0 radical (unpaired) electrons. The van der Waals surface area contributed by atoms with Crippen LogP contribution in [0.25, 0.3) is 10.8 Å². The largest absolute Gasteiger partial charge is 0.398 e. The van der Waals surface area contributed by atoms with Gasteiger partial charge in [-0.15, -0.1) is 4.33 Å². The predicted octanol–water partition coefficient (Wildman–Crippen LogP) is 2.94. The van der Waals surface area contributed by atoms with Crippen molar-refractivity contribution in [1.82, 2.24) is 0 Å². The van der Waals surface area contributed by atoms with E-state index in [-0.39, 0.29) is 0 Å². The SMILES string of the molecule is COOOSc1ccc2c(N)cccc2c1. The van der Waals surface area contributed by atoms with E-state index in [1.165, 1.54) is 7.11 Å². The number of rotatable bonds is 4. The van der Waals surface area contributed by atoms with Crippen molar-refractivity contribution in [2.24, 2.45) is 0 Å². The smallest absolute Gasteiger partial charge is 0.0744 e. The summed E-state index contributed by atoms with van der Waals surface area (Å²) in [6.45, 7) is 0. The van der Waals surface area contributed by atoms with Crippen LogP contribution in [0.3, 0.4) is 0 Å². The summed E-state index contributed by atoms with van der Waals surface area (Å²) in [5.74, 6) is 0. The average molecular weight is 237 g/mol. The van der Waals surface area contributed by atoms with Crippen molar-refractivity contribution >= 4 is 28.5 Å². The Morgan fingerprint density at radius 2 is 2.06 bits per heavy atom. The van der Waals surface area contributed by atoms with Gasteiger partial charge >= 0.3 is 0 Å². The van der Waals surface area contributed by atoms with Crippen LogP contribution < -0.4 is 5.73 Å². The molecular weight excluding hydrogens is 226 g/mol. The quantitative estimate of drug-likeness (QED) is 0.291. The molecule has 0 aromatic heterocycles. The van der Waals surface area contributed by atoms with E-state index in [1.54, 1.807) is 0 Å². The summed E-state index contributed by atoms with van der Waals surface area (Å²) in [5.41, 5.74) is 6.61. The van der Waals surface area contributed by atoms with Crippen molar-refractivity contribution in [3.63, 3.8) is 0 Å². The maximum Gasteiger partial charge on any atom is 0.0744 e. The molecule has 0 unspecified atom stereocenters. The molecule has 0 saturated heterocycles. The molecule has 0 amide bonds. The zero-order valence-corrected chi connectivity index (χ0v) is 9.49. The second-order valence-corrected chi connectivity index (χ2v) is 3.89. The highest BCUT2D eigenvalue weighted by Crippen LogP contribution is 2.27. The zero-order chi connectivity index (χ0) is 11.4. The van der Waals surface area contributed by atoms with E-state index in [4.69, 9.17) is 10.1 Å². The van der Waals surface area contributed by atoms with Crippen molar-refractivity contribution in [3.05, 3.63) is 36.4 Å². The van der Waals surface area contributed by atoms with Crippen molar-refractivity contribution in [2.75, 3.05) is 12.8 Å². The Kier molecular flexibility index (Phi) is 3.63. The second kappa shape index (κ2) is 5.18. The lowest BCUT2D eigenvalue weighted by Crippen LogP contribution is -1.87. The maximum absolute atomic E-state index is 5.85. The lowest BCUT2D eigenvalue weighted by atomic mass is 10.1. The molecule has 0 saturated carbocycles. The van der Waals surface area contributed by atoms with Gasteiger partial charge in [0.05, 0.1) is 19.2 Å². The Morgan fingerprint density at radius 1 is 1.19 bits per heavy atom. The molecule has 5 heteroatoms. The Bertz CT molecular complexity index is 490. The van der Waals surface area contributed by atoms with Crippen LogP contribution in [-0.2, 0) is 14.3 Å². The van der Waals surface area contributed by atoms with Gasteiger partial charge in [-0.25, -0.2) is 4.89 Å². The molecule has 0 aliphatic heterocycles. The molecular formula is C11H11NO3S. The standard InChI is InChI=1S/C11H11NO3S/c1-13-14-15-16-9-5-6-10-8(7-9)3-2-4-11(10)12/h2-7H,12H2,1H3. The minimum absolute atomic E-state index is 0.767. The first-order chi connectivity index (χ1) is 7.81. The van der Waals surface area contributed by atoms with E-state index >= 15 is 0 Å². The predicted molar refractivity (Wildman–Crippen MR) is 63.4 cm³/mol. The van der Waals surface area contributed by atoms with Gasteiger partial charge in [-0.1, -0.05) is 23.2 Å². The van der Waals surface area contributed by atoms with Crippen molar-refractivity contribution < 1.29 is 14.3 Å². The second-order valence-electron chi connectivity index (χ2n) is 3.12. The number of hydrogen-bond donors (Lipinski definition) is 1. The van der Waals surface area contributed by atoms with Gasteiger partial charge in [0.15, 0.2) is 0 Å². The zero-order valence-electron chi connectivity index (χ0n) is 8.67. The minimum Gasteiger partial charge on any atom is -0.398 e. The lowest BCUT2D eigenvalue weighted by molar-refractivity contribution is -0.447. The summed E-state index contributed by atoms with van der Waals surface area (Å²) in [4.78, 5) is 5.22. The number of hydrogen-bond acceptors (Lipinski definition) is 5. The Labute approximate surface area is 97.3 Å². The first kappa shape index (κ1) is 11.2. The molecule has 2 aromatic carbocycles. The van der Waals surface area contributed by atoms with Gasteiger partial charge in [0.2, 0.25) is 0 Å². The van der Waals surface area contributed by atoms with E-state index in [0.29, 0.717) is 0 Å². The normalized spacial score (nSPS) is 10.8. The van der Waals surface area contributed by atoms with Crippen LogP contribution in [0.5, 0.6) is 0 Å². The molecule has 0 fully saturated rings. The number of benzene rings is 2. The number of fused-ring (bicyclic) bond motifs is 1. The molecule has 0 atom stereocenters. The highest BCUT2D eigenvalue weighted by molar-refractivity contribution is 7.94. The average Bonchev–Trinajstić information content (AvgIpc) is 2.30. The summed E-state index contributed by atoms with van der Waals surface area (Å²) in [5, 5.41) is 6.40. The van der Waals surface area contributed by atoms with Crippen LogP contribution in [0.15, 0.2) is 41.3 Å². The molecule has 2 rings (SSSR count). The Balaban J connectivity index is 2.23. The molecule has 0 spiro atoms. The Morgan fingerprint density at radius 3 is 2.88 bits per heavy atom. The fourth-order valence-electron chi connectivity index (χ4n) is 1.42. The summed E-state index contributed by atoms with van der Waals surface area (Å²) in [7, 11) is 1.38. The number of nitrogen functional groups attached to an aromatic ring is 1. The molecule has 0 bridgehead atoms. The fraction of sp³-hybridized carbons (Fsp3) is 0.0909. The van der Waals surface area contributed by atoms with Crippen molar-refractivity contribution in [1.29, 1.82) is 0 Å². The molecule has 84 valence electrons. The van der Waals surface area contributed by atoms with E-state index in [1.807, 2.05) is 36.4 Å². The topological polar surface area (TPSA) is 53.7 Å². The molecule has 2 aromatic rings. The van der Waals surface area contributed by atoms with Crippen LogP contribution >= 0.6 is 12.0 Å². The van der Waals surface area contributed by atoms with E-state index in [0.717, 1.165) is 33.4 Å². The van der Waals surface area contributed by atoms with E-state index < -0.39 is 0 Å². The summed E-state index contributed by atoms with van der Waals surface area (Å²) in [6.07, 6.45) is 0. The molecule has 0 aliphatic carbocycles. The first-order valence-electron chi connectivity index (χ1n) is 4.63. The summed E-state index contributed by atoms with van der Waals surface area (Å²) in [6, 6.07) is 11.6. The van der Waals surface area contributed by atoms with Gasteiger partial charge in [-0.05, 0) is 23.6 Å². The lowest BCUT2D eigenvalue weighted by Gasteiger charge is -2.04. The van der Waals surface area contributed by atoms with Crippen LogP contribution in [0.4, 0.5) is 5.69 Å². The van der Waals surface area contributed by atoms with Crippen LogP contribution in [0, 0.1) is 0 Å². The molecule has 2 N–H and O–H groups in total. The third kappa shape index (κ3) is 2.45. The maximum atomic E-state index is 5.85. The van der Waals surface area contributed by atoms with Crippen LogP contribution in [-0.4, -0.2) is 7.11 Å². The third-order valence-corrected chi connectivity index (χ3v) is 2.68. The molecule has 0 heterocycles. The highest BCUT2D eigenvalue weighted by Gasteiger charge is 2.01. The minimum atomic E-state index is 0.767. The van der Waals surface area contributed by atoms with Gasteiger partial charge in [0.25, 0.3) is 0 Å². The van der Waals surface area contributed by atoms with Gasteiger partial charge in [0.1, 0.15) is 0 Å². The molecule has 4 nitrogen and oxygen atoms in total. The van der Waals surface area contributed by atoms with E-state index in [9.17, 15) is 0 Å². The Hall–Kier alpha value is -1.27. The van der Waals surface area contributed by atoms with Gasteiger partial charge in [0, 0.05) is 16.0 Å². The monoisotopic (exact) mass is 237 g/mol. The van der Waals surface area contributed by atoms with Gasteiger partial charge in [-0.2, -0.15) is 0 Å². The summed E-state index contributed by atoms with van der Waals surface area (Å²) >= 11 is 1.08. The van der Waals surface area contributed by atoms with Crippen LogP contribution in [0.2, 0.25) is 0 Å². The number of anilines is 1. The fourth-order valence-corrected chi connectivity index (χ4v) is 1.88. The highest BCUT2D eigenvalue weighted by atomic mass is 32.2. The van der Waals surface area contributed by atoms with Crippen molar-refractivity contribution in [3.8, 4) is 0 Å². The molecule has 16 heavy (non-hydrogen) atoms. The van der Waals surface area contributed by atoms with Crippen LogP contribution in [0.1, 0.15) is 0 Å².